The van der Waals surface area contributed by atoms with E-state index in [0.717, 1.165) is 32.2 Å². The predicted molar refractivity (Wildman–Crippen MR) is 65.3 cm³/mol. The number of anilines is 1. The minimum absolute atomic E-state index is 0.00238. The first-order valence-electron chi connectivity index (χ1n) is 5.82. The number of hydrogen-bond acceptors (Lipinski definition) is 4. The number of nitrogens with zero attached hydrogens (tertiary/aromatic N) is 1. The molecule has 17 heavy (non-hydrogen) atoms. The molecule has 0 amide bonds. The molecule has 0 unspecified atom stereocenters. The summed E-state index contributed by atoms with van der Waals surface area (Å²) < 4.78 is 13.3. The Morgan fingerprint density at radius 1 is 1.41 bits per heavy atom. The first kappa shape index (κ1) is 12.1. The van der Waals surface area contributed by atoms with Crippen LogP contribution in [0.2, 0.25) is 0 Å². The van der Waals surface area contributed by atoms with Crippen LogP contribution in [0.25, 0.3) is 0 Å². The van der Waals surface area contributed by atoms with E-state index in [1.165, 1.54) is 6.07 Å². The van der Waals surface area contributed by atoms with Gasteiger partial charge in [-0.2, -0.15) is 0 Å². The second-order valence-electron chi connectivity index (χ2n) is 4.39. The summed E-state index contributed by atoms with van der Waals surface area (Å²) in [6, 6.07) is 2.47. The van der Waals surface area contributed by atoms with Crippen molar-refractivity contribution in [3.63, 3.8) is 0 Å². The van der Waals surface area contributed by atoms with Gasteiger partial charge in [-0.25, -0.2) is 4.39 Å². The minimum atomic E-state index is -0.405. The normalized spacial score (nSPS) is 19.2. The number of piperazine rings is 1. The second-order valence-corrected chi connectivity index (χ2v) is 4.39. The molecule has 0 saturated carbocycles. The van der Waals surface area contributed by atoms with E-state index in [9.17, 15) is 9.50 Å². The number of phenolic OH excluding ortho intramolecular Hbond substituents is 1. The van der Waals surface area contributed by atoms with Crippen molar-refractivity contribution >= 4 is 5.69 Å². The Morgan fingerprint density at radius 3 is 2.71 bits per heavy atom. The van der Waals surface area contributed by atoms with Gasteiger partial charge in [-0.1, -0.05) is 0 Å². The predicted octanol–water partition coefficient (Wildman–Crippen LogP) is 1.08. The van der Waals surface area contributed by atoms with Gasteiger partial charge < -0.3 is 16.2 Å². The molecule has 0 aromatic heterocycles. The van der Waals surface area contributed by atoms with Gasteiger partial charge in [-0.15, -0.1) is 0 Å². The Kier molecular flexibility index (Phi) is 3.49. The van der Waals surface area contributed by atoms with Gasteiger partial charge in [-0.3, -0.25) is 4.90 Å². The van der Waals surface area contributed by atoms with Crippen molar-refractivity contribution in [2.75, 3.05) is 31.9 Å². The van der Waals surface area contributed by atoms with Gasteiger partial charge in [-0.05, 0) is 13.0 Å². The number of nitrogen functional groups attached to an aromatic ring is 1. The van der Waals surface area contributed by atoms with Crippen molar-refractivity contribution in [3.8, 4) is 5.75 Å². The summed E-state index contributed by atoms with van der Waals surface area (Å²) in [6.45, 7) is 5.55. The molecule has 1 aliphatic heterocycles. The molecule has 4 N–H and O–H groups in total. The van der Waals surface area contributed by atoms with Crippen molar-refractivity contribution in [2.45, 2.75) is 13.0 Å². The number of benzene rings is 1. The summed E-state index contributed by atoms with van der Waals surface area (Å²) in [6.07, 6.45) is 0. The molecule has 0 aliphatic carbocycles. The molecular weight excluding hydrogens is 221 g/mol. The van der Waals surface area contributed by atoms with E-state index in [4.69, 9.17) is 5.73 Å². The standard InChI is InChI=1S/C12H18FN3O/c1-8(16-4-2-15-3-5-16)10-6-9(13)7-11(14)12(10)17/h6-8,15,17H,2-5,14H2,1H3/t8-/m0/s1. The van der Waals surface area contributed by atoms with Crippen LogP contribution in [0.4, 0.5) is 10.1 Å². The van der Waals surface area contributed by atoms with E-state index in [2.05, 4.69) is 10.2 Å². The quantitative estimate of drug-likeness (QED) is 0.534. The van der Waals surface area contributed by atoms with Gasteiger partial charge >= 0.3 is 0 Å². The molecule has 94 valence electrons. The molecule has 1 fully saturated rings. The van der Waals surface area contributed by atoms with E-state index < -0.39 is 5.82 Å². The van der Waals surface area contributed by atoms with Crippen LogP contribution in [0.5, 0.6) is 5.75 Å². The molecule has 1 heterocycles. The highest BCUT2D eigenvalue weighted by atomic mass is 19.1. The highest BCUT2D eigenvalue weighted by molar-refractivity contribution is 5.57. The van der Waals surface area contributed by atoms with Crippen LogP contribution in [0.3, 0.4) is 0 Å². The molecule has 1 aromatic rings. The van der Waals surface area contributed by atoms with Gasteiger partial charge in [0.05, 0.1) is 5.69 Å². The maximum atomic E-state index is 13.3. The molecule has 0 bridgehead atoms. The van der Waals surface area contributed by atoms with Crippen LogP contribution in [-0.4, -0.2) is 36.2 Å². The van der Waals surface area contributed by atoms with Gasteiger partial charge in [0.15, 0.2) is 0 Å². The van der Waals surface area contributed by atoms with Crippen LogP contribution in [0.15, 0.2) is 12.1 Å². The molecule has 1 aliphatic rings. The van der Waals surface area contributed by atoms with Crippen LogP contribution < -0.4 is 11.1 Å². The largest absolute Gasteiger partial charge is 0.505 e. The highest BCUT2D eigenvalue weighted by Crippen LogP contribution is 2.33. The molecule has 5 heteroatoms. The number of hydrogen-bond donors (Lipinski definition) is 3. The van der Waals surface area contributed by atoms with Gasteiger partial charge in [0.25, 0.3) is 0 Å². The monoisotopic (exact) mass is 239 g/mol. The van der Waals surface area contributed by atoms with Crippen molar-refractivity contribution in [1.82, 2.24) is 10.2 Å². The lowest BCUT2D eigenvalue weighted by Gasteiger charge is -2.33. The average molecular weight is 239 g/mol. The first-order chi connectivity index (χ1) is 8.09. The van der Waals surface area contributed by atoms with Crippen LogP contribution >= 0.6 is 0 Å². The van der Waals surface area contributed by atoms with Crippen LogP contribution in [0, 0.1) is 5.82 Å². The zero-order valence-electron chi connectivity index (χ0n) is 9.91. The summed E-state index contributed by atoms with van der Waals surface area (Å²) in [4.78, 5) is 2.20. The molecule has 1 aromatic carbocycles. The van der Waals surface area contributed by atoms with Gasteiger partial charge in [0.2, 0.25) is 0 Å². The fourth-order valence-electron chi connectivity index (χ4n) is 2.23. The molecule has 2 rings (SSSR count). The molecule has 4 nitrogen and oxygen atoms in total. The smallest absolute Gasteiger partial charge is 0.143 e. The van der Waals surface area contributed by atoms with E-state index in [1.807, 2.05) is 6.92 Å². The van der Waals surface area contributed by atoms with Crippen molar-refractivity contribution < 1.29 is 9.50 Å². The number of nitrogens with one attached hydrogen (secondary N) is 1. The minimum Gasteiger partial charge on any atom is -0.505 e. The zero-order valence-corrected chi connectivity index (χ0v) is 9.91. The summed E-state index contributed by atoms with van der Waals surface area (Å²) in [5.41, 5.74) is 6.23. The molecule has 1 atom stereocenters. The number of rotatable bonds is 2. The van der Waals surface area contributed by atoms with Gasteiger partial charge in [0.1, 0.15) is 11.6 Å². The Bertz CT molecular complexity index is 405. The lowest BCUT2D eigenvalue weighted by molar-refractivity contribution is 0.182. The topological polar surface area (TPSA) is 61.5 Å². The Labute approximate surface area is 100 Å². The number of phenols is 1. The van der Waals surface area contributed by atoms with Crippen molar-refractivity contribution in [3.05, 3.63) is 23.5 Å². The van der Waals surface area contributed by atoms with Gasteiger partial charge in [0, 0.05) is 43.9 Å². The third-order valence-corrected chi connectivity index (χ3v) is 3.28. The number of aromatic hydroxyl groups is 1. The lowest BCUT2D eigenvalue weighted by Crippen LogP contribution is -2.44. The second kappa shape index (κ2) is 4.89. The van der Waals surface area contributed by atoms with Crippen molar-refractivity contribution in [1.29, 1.82) is 0 Å². The van der Waals surface area contributed by atoms with Crippen LogP contribution in [-0.2, 0) is 0 Å². The summed E-state index contributed by atoms with van der Waals surface area (Å²) in [5, 5.41) is 13.1. The van der Waals surface area contributed by atoms with E-state index in [1.54, 1.807) is 0 Å². The zero-order chi connectivity index (χ0) is 12.4. The maximum Gasteiger partial charge on any atom is 0.143 e. The third kappa shape index (κ3) is 2.50. The summed E-state index contributed by atoms with van der Waals surface area (Å²) >= 11 is 0. The fourth-order valence-corrected chi connectivity index (χ4v) is 2.23. The Hall–Kier alpha value is -1.33. The molecule has 0 radical (unpaired) electrons. The molecule has 1 saturated heterocycles. The van der Waals surface area contributed by atoms with Crippen molar-refractivity contribution in [2.24, 2.45) is 0 Å². The van der Waals surface area contributed by atoms with E-state index >= 15 is 0 Å². The first-order valence-corrected chi connectivity index (χ1v) is 5.82. The molecule has 0 spiro atoms. The third-order valence-electron chi connectivity index (χ3n) is 3.28. The summed E-state index contributed by atoms with van der Waals surface area (Å²) in [5.74, 6) is -0.408. The lowest BCUT2D eigenvalue weighted by atomic mass is 10.0. The fraction of sp³-hybridized carbons (Fsp3) is 0.500. The SMILES string of the molecule is C[C@@H](c1cc(F)cc(N)c1O)N1CCNCC1. The molecular formula is C12H18FN3O. The number of halogens is 1. The Morgan fingerprint density at radius 2 is 2.06 bits per heavy atom. The number of nitrogens with two attached hydrogens (primary N) is 1. The van der Waals surface area contributed by atoms with Crippen LogP contribution in [0.1, 0.15) is 18.5 Å². The van der Waals surface area contributed by atoms with E-state index in [0.29, 0.717) is 5.56 Å². The highest BCUT2D eigenvalue weighted by Gasteiger charge is 2.22. The Balaban J connectivity index is 2.26. The summed E-state index contributed by atoms with van der Waals surface area (Å²) in [7, 11) is 0. The maximum absolute atomic E-state index is 13.3. The van der Waals surface area contributed by atoms with E-state index in [-0.39, 0.29) is 17.5 Å². The average Bonchev–Trinajstić information content (AvgIpc) is 2.34.